The van der Waals surface area contributed by atoms with Gasteiger partial charge in [-0.3, -0.25) is 10.1 Å². The monoisotopic (exact) mass is 269 g/mol. The molecule has 0 spiro atoms. The number of nitrogens with one attached hydrogen (secondary N) is 1. The summed E-state index contributed by atoms with van der Waals surface area (Å²) in [4.78, 5) is 12.7. The molecule has 1 aliphatic heterocycles. The molecule has 2 rings (SSSR count). The van der Waals surface area contributed by atoms with Crippen molar-refractivity contribution in [2.45, 2.75) is 25.9 Å². The van der Waals surface area contributed by atoms with E-state index in [1.807, 2.05) is 4.90 Å². The summed E-state index contributed by atoms with van der Waals surface area (Å²) in [6.07, 6.45) is 0. The van der Waals surface area contributed by atoms with Gasteiger partial charge in [-0.1, -0.05) is 11.6 Å². The van der Waals surface area contributed by atoms with Crippen LogP contribution in [-0.4, -0.2) is 30.1 Å². The normalized spacial score (nSPS) is 24.1. The van der Waals surface area contributed by atoms with Crippen LogP contribution in [0.1, 0.15) is 13.8 Å². The summed E-state index contributed by atoms with van der Waals surface area (Å²) in [6.45, 7) is 5.62. The fourth-order valence-electron chi connectivity index (χ4n) is 2.43. The number of hydrogen-bond acceptors (Lipinski definition) is 4. The maximum Gasteiger partial charge on any atom is 0.292 e. The third kappa shape index (κ3) is 2.73. The van der Waals surface area contributed by atoms with Crippen molar-refractivity contribution in [2.75, 3.05) is 18.0 Å². The van der Waals surface area contributed by atoms with E-state index in [9.17, 15) is 10.1 Å². The molecule has 1 aromatic carbocycles. The Morgan fingerprint density at radius 2 is 2.00 bits per heavy atom. The van der Waals surface area contributed by atoms with Gasteiger partial charge in [-0.05, 0) is 26.0 Å². The van der Waals surface area contributed by atoms with Crippen LogP contribution in [0.3, 0.4) is 0 Å². The predicted molar refractivity (Wildman–Crippen MR) is 72.4 cm³/mol. The van der Waals surface area contributed by atoms with Gasteiger partial charge in [0.25, 0.3) is 5.69 Å². The van der Waals surface area contributed by atoms with E-state index in [4.69, 9.17) is 11.6 Å². The Labute approximate surface area is 111 Å². The van der Waals surface area contributed by atoms with E-state index in [0.717, 1.165) is 13.1 Å². The number of nitro benzene ring substituents is 1. The van der Waals surface area contributed by atoms with Gasteiger partial charge < -0.3 is 10.2 Å². The fraction of sp³-hybridized carbons (Fsp3) is 0.500. The lowest BCUT2D eigenvalue weighted by atomic mass is 10.1. The highest BCUT2D eigenvalue weighted by Crippen LogP contribution is 2.32. The van der Waals surface area contributed by atoms with E-state index in [1.54, 1.807) is 12.1 Å². The Hall–Kier alpha value is -1.33. The Balaban J connectivity index is 2.36. The van der Waals surface area contributed by atoms with E-state index in [0.29, 0.717) is 22.8 Å². The summed E-state index contributed by atoms with van der Waals surface area (Å²) in [7, 11) is 0. The van der Waals surface area contributed by atoms with Crippen molar-refractivity contribution < 1.29 is 4.92 Å². The van der Waals surface area contributed by atoms with Crippen molar-refractivity contribution in [2.24, 2.45) is 0 Å². The van der Waals surface area contributed by atoms with Gasteiger partial charge in [0.05, 0.1) is 4.92 Å². The van der Waals surface area contributed by atoms with Gasteiger partial charge in [-0.15, -0.1) is 0 Å². The number of halogens is 1. The van der Waals surface area contributed by atoms with E-state index < -0.39 is 0 Å². The SMILES string of the molecule is CC1CN(c2cc(Cl)ccc2[N+](=O)[O-])CC(C)N1. The summed E-state index contributed by atoms with van der Waals surface area (Å²) >= 11 is 5.95. The molecule has 0 aliphatic carbocycles. The zero-order chi connectivity index (χ0) is 13.3. The third-order valence-electron chi connectivity index (χ3n) is 3.03. The smallest absolute Gasteiger partial charge is 0.292 e. The molecule has 0 saturated carbocycles. The molecule has 0 radical (unpaired) electrons. The summed E-state index contributed by atoms with van der Waals surface area (Å²) in [5.41, 5.74) is 0.716. The topological polar surface area (TPSA) is 58.4 Å². The fourth-order valence-corrected chi connectivity index (χ4v) is 2.59. The van der Waals surface area contributed by atoms with Crippen LogP contribution in [-0.2, 0) is 0 Å². The van der Waals surface area contributed by atoms with Crippen molar-refractivity contribution in [1.29, 1.82) is 0 Å². The molecule has 6 heteroatoms. The number of nitrogens with zero attached hydrogens (tertiary/aromatic N) is 2. The maximum atomic E-state index is 11.1. The van der Waals surface area contributed by atoms with Crippen LogP contribution in [0.15, 0.2) is 18.2 Å². The van der Waals surface area contributed by atoms with Crippen LogP contribution in [0.4, 0.5) is 11.4 Å². The molecule has 1 heterocycles. The molecule has 1 aromatic rings. The largest absolute Gasteiger partial charge is 0.363 e. The van der Waals surface area contributed by atoms with Crippen molar-refractivity contribution >= 4 is 23.0 Å². The molecule has 1 saturated heterocycles. The zero-order valence-electron chi connectivity index (χ0n) is 10.4. The van der Waals surface area contributed by atoms with Crippen LogP contribution in [0, 0.1) is 10.1 Å². The standard InChI is InChI=1S/C12H16ClN3O2/c1-8-6-15(7-9(2)14-8)12-5-10(13)3-4-11(12)16(17)18/h3-5,8-9,14H,6-7H2,1-2H3. The number of piperazine rings is 1. The van der Waals surface area contributed by atoms with Crippen LogP contribution >= 0.6 is 11.6 Å². The first-order chi connectivity index (χ1) is 8.47. The van der Waals surface area contributed by atoms with Gasteiger partial charge in [-0.25, -0.2) is 0 Å². The van der Waals surface area contributed by atoms with Crippen LogP contribution in [0.5, 0.6) is 0 Å². The highest BCUT2D eigenvalue weighted by molar-refractivity contribution is 6.31. The molecule has 0 amide bonds. The van der Waals surface area contributed by atoms with Crippen LogP contribution in [0.25, 0.3) is 0 Å². The number of rotatable bonds is 2. The zero-order valence-corrected chi connectivity index (χ0v) is 11.1. The lowest BCUT2D eigenvalue weighted by Crippen LogP contribution is -2.54. The van der Waals surface area contributed by atoms with Gasteiger partial charge in [0, 0.05) is 36.3 Å². The molecular weight excluding hydrogens is 254 g/mol. The lowest BCUT2D eigenvalue weighted by molar-refractivity contribution is -0.384. The molecule has 1 fully saturated rings. The Kier molecular flexibility index (Phi) is 3.73. The Bertz CT molecular complexity index is 457. The molecule has 1 N–H and O–H groups in total. The summed E-state index contributed by atoms with van der Waals surface area (Å²) in [5.74, 6) is 0. The maximum absolute atomic E-state index is 11.1. The molecule has 2 unspecified atom stereocenters. The van der Waals surface area contributed by atoms with Gasteiger partial charge >= 0.3 is 0 Å². The number of anilines is 1. The first kappa shape index (κ1) is 13.1. The third-order valence-corrected chi connectivity index (χ3v) is 3.27. The second kappa shape index (κ2) is 5.12. The molecule has 98 valence electrons. The highest BCUT2D eigenvalue weighted by Gasteiger charge is 2.26. The summed E-state index contributed by atoms with van der Waals surface area (Å²) in [5, 5.41) is 15.0. The van der Waals surface area contributed by atoms with E-state index in [1.165, 1.54) is 6.07 Å². The Morgan fingerprint density at radius 1 is 1.39 bits per heavy atom. The molecule has 18 heavy (non-hydrogen) atoms. The molecule has 2 atom stereocenters. The Morgan fingerprint density at radius 3 is 2.56 bits per heavy atom. The lowest BCUT2D eigenvalue weighted by Gasteiger charge is -2.37. The van der Waals surface area contributed by atoms with Gasteiger partial charge in [-0.2, -0.15) is 0 Å². The van der Waals surface area contributed by atoms with Crippen LogP contribution < -0.4 is 10.2 Å². The number of hydrogen-bond donors (Lipinski definition) is 1. The van der Waals surface area contributed by atoms with E-state index in [-0.39, 0.29) is 10.6 Å². The first-order valence-electron chi connectivity index (χ1n) is 5.92. The van der Waals surface area contributed by atoms with Gasteiger partial charge in [0.2, 0.25) is 0 Å². The van der Waals surface area contributed by atoms with Crippen molar-refractivity contribution in [1.82, 2.24) is 5.32 Å². The average Bonchev–Trinajstić information content (AvgIpc) is 2.27. The molecule has 5 nitrogen and oxygen atoms in total. The molecule has 0 bridgehead atoms. The van der Waals surface area contributed by atoms with Crippen molar-refractivity contribution in [3.63, 3.8) is 0 Å². The number of benzene rings is 1. The van der Waals surface area contributed by atoms with Crippen molar-refractivity contribution in [3.8, 4) is 0 Å². The quantitative estimate of drug-likeness (QED) is 0.662. The van der Waals surface area contributed by atoms with E-state index in [2.05, 4.69) is 19.2 Å². The predicted octanol–water partition coefficient (Wildman–Crippen LogP) is 2.43. The minimum absolute atomic E-state index is 0.112. The van der Waals surface area contributed by atoms with E-state index >= 15 is 0 Å². The average molecular weight is 270 g/mol. The summed E-state index contributed by atoms with van der Waals surface area (Å²) in [6, 6.07) is 5.29. The summed E-state index contributed by atoms with van der Waals surface area (Å²) < 4.78 is 0. The minimum atomic E-state index is -0.358. The molecule has 1 aliphatic rings. The minimum Gasteiger partial charge on any atom is -0.363 e. The first-order valence-corrected chi connectivity index (χ1v) is 6.30. The second-order valence-corrected chi connectivity index (χ2v) is 5.20. The second-order valence-electron chi connectivity index (χ2n) is 4.76. The highest BCUT2D eigenvalue weighted by atomic mass is 35.5. The molecular formula is C12H16ClN3O2. The molecule has 0 aromatic heterocycles. The van der Waals surface area contributed by atoms with Crippen LogP contribution in [0.2, 0.25) is 5.02 Å². The van der Waals surface area contributed by atoms with Gasteiger partial charge in [0.1, 0.15) is 5.69 Å². The van der Waals surface area contributed by atoms with Gasteiger partial charge in [0.15, 0.2) is 0 Å². The van der Waals surface area contributed by atoms with Crippen molar-refractivity contribution in [3.05, 3.63) is 33.3 Å². The number of nitro groups is 1.